The molecule has 0 unspecified atom stereocenters. The fraction of sp³-hybridized carbons (Fsp3) is 0.355. The van der Waals surface area contributed by atoms with Crippen molar-refractivity contribution >= 4 is 35.0 Å². The van der Waals surface area contributed by atoms with Crippen LogP contribution in [0.2, 0.25) is 10.0 Å². The number of hydrogen-bond acceptors (Lipinski definition) is 3. The molecule has 1 atom stereocenters. The van der Waals surface area contributed by atoms with E-state index in [0.717, 1.165) is 35.3 Å². The van der Waals surface area contributed by atoms with Crippen LogP contribution in [0.15, 0.2) is 72.8 Å². The molecule has 0 saturated heterocycles. The Labute approximate surface area is 236 Å². The van der Waals surface area contributed by atoms with Crippen molar-refractivity contribution in [2.45, 2.75) is 58.5 Å². The number of carbonyl (C=O) groups is 2. The third-order valence-corrected chi connectivity index (χ3v) is 6.87. The minimum Gasteiger partial charge on any atom is -0.494 e. The largest absolute Gasteiger partial charge is 0.494 e. The third kappa shape index (κ3) is 9.38. The lowest BCUT2D eigenvalue weighted by atomic mass is 10.0. The van der Waals surface area contributed by atoms with Crippen molar-refractivity contribution in [3.8, 4) is 5.75 Å². The summed E-state index contributed by atoms with van der Waals surface area (Å²) in [4.78, 5) is 28.8. The molecule has 38 heavy (non-hydrogen) atoms. The number of ether oxygens (including phenoxy) is 1. The first kappa shape index (κ1) is 29.5. The van der Waals surface area contributed by atoms with Crippen LogP contribution >= 0.6 is 23.2 Å². The highest BCUT2D eigenvalue weighted by Gasteiger charge is 2.30. The molecule has 7 heteroatoms. The maximum absolute atomic E-state index is 13.7. The highest BCUT2D eigenvalue weighted by atomic mass is 35.5. The summed E-state index contributed by atoms with van der Waals surface area (Å²) < 4.78 is 5.82. The molecule has 0 spiro atoms. The number of nitrogens with zero attached hydrogens (tertiary/aromatic N) is 1. The standard InChI is InChI=1S/C31H36Cl2N2O3/c1-3-4-18-34-31(37)29(20-24-9-6-5-7-10-24)35(22-25-14-15-26(32)21-28(25)33)30(36)11-8-19-38-27-16-12-23(2)13-17-27/h5-7,9-10,12-17,21,29H,3-4,8,11,18-20,22H2,1-2H3,(H,34,37)/t29-/m1/s1. The molecule has 0 aliphatic heterocycles. The molecule has 2 amide bonds. The van der Waals surface area contributed by atoms with Gasteiger partial charge in [-0.1, -0.05) is 90.6 Å². The van der Waals surface area contributed by atoms with E-state index in [2.05, 4.69) is 12.2 Å². The maximum Gasteiger partial charge on any atom is 0.243 e. The summed E-state index contributed by atoms with van der Waals surface area (Å²) in [7, 11) is 0. The number of benzene rings is 3. The highest BCUT2D eigenvalue weighted by Crippen LogP contribution is 2.24. The molecule has 1 N–H and O–H groups in total. The summed E-state index contributed by atoms with van der Waals surface area (Å²) in [5.74, 6) is 0.469. The number of aryl methyl sites for hydroxylation is 1. The molecule has 0 aliphatic rings. The first-order valence-electron chi connectivity index (χ1n) is 13.1. The zero-order chi connectivity index (χ0) is 27.3. The minimum absolute atomic E-state index is 0.130. The zero-order valence-electron chi connectivity index (χ0n) is 22.1. The molecule has 5 nitrogen and oxygen atoms in total. The fourth-order valence-corrected chi connectivity index (χ4v) is 4.55. The predicted octanol–water partition coefficient (Wildman–Crippen LogP) is 7.02. The van der Waals surface area contributed by atoms with Gasteiger partial charge in [0.1, 0.15) is 11.8 Å². The van der Waals surface area contributed by atoms with E-state index in [0.29, 0.717) is 36.0 Å². The highest BCUT2D eigenvalue weighted by molar-refractivity contribution is 6.35. The zero-order valence-corrected chi connectivity index (χ0v) is 23.6. The average Bonchev–Trinajstić information content (AvgIpc) is 2.91. The summed E-state index contributed by atoms with van der Waals surface area (Å²) in [5, 5.41) is 4.01. The van der Waals surface area contributed by atoms with Gasteiger partial charge in [0.15, 0.2) is 0 Å². The smallest absolute Gasteiger partial charge is 0.243 e. The second kappa shape index (κ2) is 15.4. The van der Waals surface area contributed by atoms with Crippen LogP contribution < -0.4 is 10.1 Å². The Balaban J connectivity index is 1.80. The normalized spacial score (nSPS) is 11.6. The van der Waals surface area contributed by atoms with Crippen LogP contribution in [-0.2, 0) is 22.6 Å². The van der Waals surface area contributed by atoms with Gasteiger partial charge >= 0.3 is 0 Å². The molecule has 0 aromatic heterocycles. The minimum atomic E-state index is -0.688. The Kier molecular flexibility index (Phi) is 12.0. The van der Waals surface area contributed by atoms with Crippen LogP contribution in [0.1, 0.15) is 49.3 Å². The molecule has 0 aliphatic carbocycles. The third-order valence-electron chi connectivity index (χ3n) is 6.28. The van der Waals surface area contributed by atoms with E-state index in [-0.39, 0.29) is 24.8 Å². The lowest BCUT2D eigenvalue weighted by Crippen LogP contribution is -2.50. The molecular weight excluding hydrogens is 519 g/mol. The number of amides is 2. The lowest BCUT2D eigenvalue weighted by Gasteiger charge is -2.32. The summed E-state index contributed by atoms with van der Waals surface area (Å²) in [6, 6.07) is 22.1. The topological polar surface area (TPSA) is 58.6 Å². The van der Waals surface area contributed by atoms with Gasteiger partial charge in [0.2, 0.25) is 11.8 Å². The Morgan fingerprint density at radius 3 is 2.39 bits per heavy atom. The molecule has 0 bridgehead atoms. The summed E-state index contributed by atoms with van der Waals surface area (Å²) in [6.07, 6.45) is 3.00. The van der Waals surface area contributed by atoms with Gasteiger partial charge in [-0.05, 0) is 55.2 Å². The molecule has 0 fully saturated rings. The molecule has 0 heterocycles. The van der Waals surface area contributed by atoms with Crippen molar-refractivity contribution in [3.05, 3.63) is 99.5 Å². The monoisotopic (exact) mass is 554 g/mol. The van der Waals surface area contributed by atoms with Crippen LogP contribution in [-0.4, -0.2) is 35.9 Å². The number of hydrogen-bond donors (Lipinski definition) is 1. The number of rotatable bonds is 14. The Hall–Kier alpha value is -3.02. The van der Waals surface area contributed by atoms with E-state index in [4.69, 9.17) is 27.9 Å². The molecule has 0 radical (unpaired) electrons. The first-order valence-corrected chi connectivity index (χ1v) is 13.9. The van der Waals surface area contributed by atoms with Crippen LogP contribution in [0.4, 0.5) is 0 Å². The molecule has 3 aromatic carbocycles. The maximum atomic E-state index is 13.7. The molecule has 0 saturated carbocycles. The van der Waals surface area contributed by atoms with Crippen molar-refractivity contribution in [2.24, 2.45) is 0 Å². The Morgan fingerprint density at radius 1 is 0.974 bits per heavy atom. The number of nitrogens with one attached hydrogen (secondary N) is 1. The van der Waals surface area contributed by atoms with E-state index in [1.54, 1.807) is 23.1 Å². The molecule has 202 valence electrons. The van der Waals surface area contributed by atoms with Crippen molar-refractivity contribution in [2.75, 3.05) is 13.2 Å². The van der Waals surface area contributed by atoms with Gasteiger partial charge in [-0.3, -0.25) is 9.59 Å². The summed E-state index contributed by atoms with van der Waals surface area (Å²) >= 11 is 12.6. The van der Waals surface area contributed by atoms with E-state index in [1.165, 1.54) is 0 Å². The van der Waals surface area contributed by atoms with Crippen molar-refractivity contribution in [3.63, 3.8) is 0 Å². The van der Waals surface area contributed by atoms with Crippen LogP contribution in [0.25, 0.3) is 0 Å². The van der Waals surface area contributed by atoms with E-state index in [9.17, 15) is 9.59 Å². The number of halogens is 2. The Morgan fingerprint density at radius 2 is 1.71 bits per heavy atom. The number of unbranched alkanes of at least 4 members (excludes halogenated alkanes) is 1. The molecule has 3 rings (SSSR count). The lowest BCUT2D eigenvalue weighted by molar-refractivity contribution is -0.141. The second-order valence-corrected chi connectivity index (χ2v) is 10.2. The van der Waals surface area contributed by atoms with Crippen molar-refractivity contribution in [1.82, 2.24) is 10.2 Å². The predicted molar refractivity (Wildman–Crippen MR) is 155 cm³/mol. The summed E-state index contributed by atoms with van der Waals surface area (Å²) in [6.45, 7) is 5.26. The van der Waals surface area contributed by atoms with Crippen LogP contribution in [0, 0.1) is 6.92 Å². The van der Waals surface area contributed by atoms with E-state index in [1.807, 2.05) is 61.5 Å². The second-order valence-electron chi connectivity index (χ2n) is 9.37. The average molecular weight is 556 g/mol. The summed E-state index contributed by atoms with van der Waals surface area (Å²) in [5.41, 5.74) is 2.87. The first-order chi connectivity index (χ1) is 18.4. The van der Waals surface area contributed by atoms with Gasteiger partial charge < -0.3 is 15.0 Å². The van der Waals surface area contributed by atoms with Crippen LogP contribution in [0.5, 0.6) is 5.75 Å². The van der Waals surface area contributed by atoms with Gasteiger partial charge in [-0.25, -0.2) is 0 Å². The quantitative estimate of drug-likeness (QED) is 0.218. The van der Waals surface area contributed by atoms with Gasteiger partial charge in [0.25, 0.3) is 0 Å². The van der Waals surface area contributed by atoms with Crippen LogP contribution in [0.3, 0.4) is 0 Å². The Bertz CT molecular complexity index is 1170. The van der Waals surface area contributed by atoms with E-state index < -0.39 is 6.04 Å². The fourth-order valence-electron chi connectivity index (χ4n) is 4.09. The van der Waals surface area contributed by atoms with Gasteiger partial charge in [0.05, 0.1) is 6.61 Å². The van der Waals surface area contributed by atoms with E-state index >= 15 is 0 Å². The number of carbonyl (C=O) groups excluding carboxylic acids is 2. The van der Waals surface area contributed by atoms with Gasteiger partial charge in [0, 0.05) is 36.0 Å². The molecule has 3 aromatic rings. The van der Waals surface area contributed by atoms with Gasteiger partial charge in [-0.2, -0.15) is 0 Å². The SMILES string of the molecule is CCCCNC(=O)[C@@H](Cc1ccccc1)N(Cc1ccc(Cl)cc1Cl)C(=O)CCCOc1ccc(C)cc1. The van der Waals surface area contributed by atoms with Crippen molar-refractivity contribution < 1.29 is 14.3 Å². The molecular formula is C31H36Cl2N2O3. The van der Waals surface area contributed by atoms with Gasteiger partial charge in [-0.15, -0.1) is 0 Å². The van der Waals surface area contributed by atoms with Crippen molar-refractivity contribution in [1.29, 1.82) is 0 Å².